The van der Waals surface area contributed by atoms with Gasteiger partial charge in [-0.25, -0.2) is 18.1 Å². The van der Waals surface area contributed by atoms with E-state index in [9.17, 15) is 8.42 Å². The zero-order valence-electron chi connectivity index (χ0n) is 10.1. The summed E-state index contributed by atoms with van der Waals surface area (Å²) < 4.78 is 24.7. The Morgan fingerprint density at radius 3 is 2.84 bits per heavy atom. The van der Waals surface area contributed by atoms with Crippen molar-refractivity contribution < 1.29 is 8.42 Å². The first-order valence-corrected chi connectivity index (χ1v) is 7.36. The molecule has 0 atom stereocenters. The predicted octanol–water partition coefficient (Wildman–Crippen LogP) is -1.28. The van der Waals surface area contributed by atoms with Crippen LogP contribution in [0.2, 0.25) is 0 Å². The van der Waals surface area contributed by atoms with Crippen LogP contribution in [0.5, 0.6) is 0 Å². The molecule has 98 valence electrons. The zero-order chi connectivity index (χ0) is 13.5. The normalized spacial score (nSPS) is 14.1. The lowest BCUT2D eigenvalue weighted by atomic mass is 10.3. The average Bonchev–Trinajstić information content (AvgIpc) is 2.90. The quantitative estimate of drug-likeness (QED) is 0.739. The molecule has 0 fully saturated rings. The number of aromatic nitrogens is 2. The number of hydrazine groups is 1. The number of imidazole rings is 1. The Morgan fingerprint density at radius 2 is 2.16 bits per heavy atom. The third kappa shape index (κ3) is 2.17. The highest BCUT2D eigenvalue weighted by Crippen LogP contribution is 2.02. The van der Waals surface area contributed by atoms with E-state index in [0.29, 0.717) is 5.36 Å². The van der Waals surface area contributed by atoms with Crippen LogP contribution in [-0.4, -0.2) is 24.3 Å². The molecule has 8 heteroatoms. The number of hydrogen-bond acceptors (Lipinski definition) is 6. The highest BCUT2D eigenvalue weighted by atomic mass is 32.2. The van der Waals surface area contributed by atoms with Gasteiger partial charge >= 0.3 is 0 Å². The van der Waals surface area contributed by atoms with Gasteiger partial charge in [0.1, 0.15) is 6.33 Å². The Balaban J connectivity index is 2.09. The fourth-order valence-corrected chi connectivity index (χ4v) is 2.36. The van der Waals surface area contributed by atoms with E-state index >= 15 is 0 Å². The number of nitrogens with zero attached hydrogens (tertiary/aromatic N) is 4. The lowest BCUT2D eigenvalue weighted by molar-refractivity contribution is 0.571. The fourth-order valence-electron chi connectivity index (χ4n) is 1.72. The van der Waals surface area contributed by atoms with Crippen molar-refractivity contribution in [3.63, 3.8) is 0 Å². The molecule has 1 N–H and O–H groups in total. The van der Waals surface area contributed by atoms with Crippen LogP contribution in [0.1, 0.15) is 0 Å². The molecule has 1 aliphatic rings. The molecule has 3 rings (SSSR count). The molecular weight excluding hydrogens is 266 g/mol. The summed E-state index contributed by atoms with van der Waals surface area (Å²) in [5, 5.41) is 7.17. The molecule has 0 amide bonds. The van der Waals surface area contributed by atoms with Gasteiger partial charge in [-0.15, -0.1) is 0 Å². The van der Waals surface area contributed by atoms with Crippen molar-refractivity contribution in [2.24, 2.45) is 5.10 Å². The largest absolute Gasteiger partial charge is 0.243 e. The second kappa shape index (κ2) is 4.09. The third-order valence-electron chi connectivity index (χ3n) is 2.70. The van der Waals surface area contributed by atoms with Crippen LogP contribution >= 0.6 is 0 Å². The van der Waals surface area contributed by atoms with Gasteiger partial charge in [0.15, 0.2) is 9.84 Å². The number of hydrogen-bond donors (Lipinski definition) is 1. The summed E-state index contributed by atoms with van der Waals surface area (Å²) in [6, 6.07) is 4.83. The van der Waals surface area contributed by atoms with E-state index in [1.807, 2.05) is 0 Å². The first kappa shape index (κ1) is 11.7. The van der Waals surface area contributed by atoms with Crippen LogP contribution in [-0.2, 0) is 9.84 Å². The Morgan fingerprint density at radius 1 is 1.32 bits per heavy atom. The molecule has 1 aromatic carbocycles. The summed E-state index contributed by atoms with van der Waals surface area (Å²) >= 11 is 0. The minimum absolute atomic E-state index is 0.251. The Kier molecular flexibility index (Phi) is 2.53. The van der Waals surface area contributed by atoms with Crippen molar-refractivity contribution in [1.82, 2.24) is 15.2 Å². The van der Waals surface area contributed by atoms with Crippen LogP contribution in [0.15, 0.2) is 46.9 Å². The number of nitrogens with one attached hydrogen (secondary N) is 1. The van der Waals surface area contributed by atoms with Crippen LogP contribution in [0.4, 0.5) is 0 Å². The van der Waals surface area contributed by atoms with Crippen LogP contribution < -0.4 is 21.2 Å². The monoisotopic (exact) mass is 277 g/mol. The summed E-state index contributed by atoms with van der Waals surface area (Å²) in [5.41, 5.74) is 2.79. The number of sulfone groups is 1. The molecule has 0 bridgehead atoms. The third-order valence-corrected chi connectivity index (χ3v) is 3.81. The summed E-state index contributed by atoms with van der Waals surface area (Å²) in [6.45, 7) is 0. The molecule has 0 saturated carbocycles. The van der Waals surface area contributed by atoms with E-state index in [4.69, 9.17) is 0 Å². The fraction of sp³-hybridized carbons (Fsp3) is 0.0909. The van der Waals surface area contributed by atoms with Gasteiger partial charge in [-0.1, -0.05) is 0 Å². The number of benzene rings is 1. The maximum absolute atomic E-state index is 11.5. The molecule has 7 nitrogen and oxygen atoms in total. The van der Waals surface area contributed by atoms with Gasteiger partial charge in [-0.3, -0.25) is 0 Å². The summed E-state index contributed by atoms with van der Waals surface area (Å²) in [7, 11) is -3.22. The van der Waals surface area contributed by atoms with E-state index in [-0.39, 0.29) is 4.90 Å². The molecule has 0 aliphatic carbocycles. The Bertz CT molecular complexity index is 826. The minimum atomic E-state index is -3.22. The van der Waals surface area contributed by atoms with Gasteiger partial charge in [0, 0.05) is 23.9 Å². The summed E-state index contributed by atoms with van der Waals surface area (Å²) in [4.78, 5) is 4.19. The van der Waals surface area contributed by atoms with Gasteiger partial charge < -0.3 is 0 Å². The average molecular weight is 277 g/mol. The second-order valence-electron chi connectivity index (χ2n) is 4.12. The number of rotatable bonds is 2. The Hall–Kier alpha value is -2.35. The van der Waals surface area contributed by atoms with Crippen molar-refractivity contribution >= 4 is 16.0 Å². The molecule has 2 heterocycles. The molecule has 0 unspecified atom stereocenters. The maximum atomic E-state index is 11.5. The topological polar surface area (TPSA) is 79.6 Å². The Labute approximate surface area is 109 Å². The van der Waals surface area contributed by atoms with Gasteiger partial charge in [0.05, 0.1) is 16.5 Å². The van der Waals surface area contributed by atoms with E-state index < -0.39 is 9.84 Å². The van der Waals surface area contributed by atoms with Gasteiger partial charge in [-0.05, 0) is 18.2 Å². The molecule has 1 aromatic heterocycles. The van der Waals surface area contributed by atoms with E-state index in [2.05, 4.69) is 15.6 Å². The first-order chi connectivity index (χ1) is 9.04. The SMILES string of the molecule is CS(=O)(=O)c1ccc2c(c1)=NNN(n1ccnc1)C=2. The van der Waals surface area contributed by atoms with Gasteiger partial charge in [0.2, 0.25) is 0 Å². The lowest BCUT2D eigenvalue weighted by Crippen LogP contribution is -2.47. The zero-order valence-corrected chi connectivity index (χ0v) is 10.9. The second-order valence-corrected chi connectivity index (χ2v) is 6.14. The van der Waals surface area contributed by atoms with Crippen molar-refractivity contribution in [1.29, 1.82) is 0 Å². The predicted molar refractivity (Wildman–Crippen MR) is 68.4 cm³/mol. The highest BCUT2D eigenvalue weighted by molar-refractivity contribution is 7.90. The maximum Gasteiger partial charge on any atom is 0.175 e. The summed E-state index contributed by atoms with van der Waals surface area (Å²) in [6.07, 6.45) is 8.00. The molecule has 0 spiro atoms. The van der Waals surface area contributed by atoms with E-state index in [1.54, 1.807) is 52.9 Å². The van der Waals surface area contributed by atoms with Crippen molar-refractivity contribution in [3.05, 3.63) is 47.5 Å². The van der Waals surface area contributed by atoms with E-state index in [1.165, 1.54) is 6.26 Å². The smallest absolute Gasteiger partial charge is 0.175 e. The lowest BCUT2D eigenvalue weighted by Gasteiger charge is -2.21. The number of fused-ring (bicyclic) bond motifs is 1. The first-order valence-electron chi connectivity index (χ1n) is 5.47. The van der Waals surface area contributed by atoms with Crippen molar-refractivity contribution in [3.8, 4) is 0 Å². The van der Waals surface area contributed by atoms with Crippen LogP contribution in [0.3, 0.4) is 0 Å². The standard InChI is InChI=1S/C11H11N5O2S/c1-19(17,18)10-3-2-9-7-16(14-13-11(9)6-10)15-5-4-12-8-15/h2-8,14H,1H3. The highest BCUT2D eigenvalue weighted by Gasteiger charge is 2.09. The van der Waals surface area contributed by atoms with Crippen molar-refractivity contribution in [2.45, 2.75) is 4.90 Å². The minimum Gasteiger partial charge on any atom is -0.243 e. The molecule has 1 aliphatic heterocycles. The summed E-state index contributed by atoms with van der Waals surface area (Å²) in [5.74, 6) is 0. The van der Waals surface area contributed by atoms with Crippen LogP contribution in [0.25, 0.3) is 6.20 Å². The van der Waals surface area contributed by atoms with Gasteiger partial charge in [-0.2, -0.15) is 15.8 Å². The molecular formula is C11H11N5O2S. The van der Waals surface area contributed by atoms with Gasteiger partial charge in [0.25, 0.3) is 0 Å². The molecule has 2 aromatic rings. The molecule has 0 saturated heterocycles. The van der Waals surface area contributed by atoms with Crippen molar-refractivity contribution in [2.75, 3.05) is 11.4 Å². The van der Waals surface area contributed by atoms with E-state index in [0.717, 1.165) is 5.22 Å². The van der Waals surface area contributed by atoms with Crippen LogP contribution in [0, 0.1) is 0 Å². The molecule has 19 heavy (non-hydrogen) atoms. The molecule has 0 radical (unpaired) electrons.